The fraction of sp³-hybridized carbons (Fsp3) is 0.423. The molecule has 4 nitrogen and oxygen atoms in total. The van der Waals surface area contributed by atoms with Gasteiger partial charge >= 0.3 is 6.18 Å². The van der Waals surface area contributed by atoms with Crippen molar-refractivity contribution < 1.29 is 27.5 Å². The third-order valence-corrected chi connectivity index (χ3v) is 7.41. The maximum Gasteiger partial charge on any atom is 0.454 e. The first kappa shape index (κ1) is 23.1. The first-order chi connectivity index (χ1) is 16.2. The van der Waals surface area contributed by atoms with E-state index in [1.54, 1.807) is 41.0 Å². The summed E-state index contributed by atoms with van der Waals surface area (Å²) in [5.41, 5.74) is 0.0681. The molecule has 1 aromatic heterocycles. The lowest BCUT2D eigenvalue weighted by Gasteiger charge is -2.44. The molecule has 3 aromatic rings. The Balaban J connectivity index is 1.28. The minimum atomic E-state index is -4.91. The summed E-state index contributed by atoms with van der Waals surface area (Å²) >= 11 is 0. The topological polar surface area (TPSA) is 45.5 Å². The lowest BCUT2D eigenvalue weighted by Crippen LogP contribution is -2.49. The third-order valence-electron chi connectivity index (χ3n) is 7.41. The first-order valence-corrected chi connectivity index (χ1v) is 11.6. The molecule has 180 valence electrons. The van der Waals surface area contributed by atoms with Crippen molar-refractivity contribution in [2.75, 3.05) is 6.54 Å². The van der Waals surface area contributed by atoms with Crippen LogP contribution in [-0.2, 0) is 12.1 Å². The number of aryl methyl sites for hydroxylation is 1. The van der Waals surface area contributed by atoms with Gasteiger partial charge in [-0.05, 0) is 55.9 Å². The lowest BCUT2D eigenvalue weighted by atomic mass is 9.80. The molecule has 0 amide bonds. The number of hydrogen-bond acceptors (Lipinski definition) is 3. The normalized spacial score (nSPS) is 25.2. The van der Waals surface area contributed by atoms with E-state index >= 15 is 0 Å². The van der Waals surface area contributed by atoms with Gasteiger partial charge in [-0.3, -0.25) is 9.69 Å². The molecule has 0 radical (unpaired) electrons. The molecule has 8 heteroatoms. The number of aliphatic hydroxyl groups is 1. The second-order valence-corrected chi connectivity index (χ2v) is 9.50. The van der Waals surface area contributed by atoms with Crippen LogP contribution >= 0.6 is 0 Å². The van der Waals surface area contributed by atoms with Gasteiger partial charge in [-0.25, -0.2) is 4.39 Å². The molecule has 2 unspecified atom stereocenters. The molecule has 1 N–H and O–H groups in total. The van der Waals surface area contributed by atoms with E-state index in [1.165, 1.54) is 18.3 Å². The van der Waals surface area contributed by atoms with Crippen LogP contribution in [0.15, 0.2) is 54.7 Å². The minimum absolute atomic E-state index is 0.206. The lowest BCUT2D eigenvalue weighted by molar-refractivity contribution is -0.0884. The molecule has 0 saturated carbocycles. The van der Waals surface area contributed by atoms with Crippen molar-refractivity contribution in [1.82, 2.24) is 9.47 Å². The molecule has 2 aliphatic heterocycles. The van der Waals surface area contributed by atoms with Gasteiger partial charge in [0, 0.05) is 42.3 Å². The summed E-state index contributed by atoms with van der Waals surface area (Å²) in [5.74, 6) is -2.15. The second kappa shape index (κ2) is 8.50. The van der Waals surface area contributed by atoms with Crippen LogP contribution in [-0.4, -0.2) is 45.2 Å². The van der Waals surface area contributed by atoms with E-state index in [1.807, 2.05) is 0 Å². The smallest absolute Gasteiger partial charge is 0.385 e. The fourth-order valence-corrected chi connectivity index (χ4v) is 5.87. The Kier molecular flexibility index (Phi) is 5.76. The summed E-state index contributed by atoms with van der Waals surface area (Å²) in [6.07, 6.45) is 0.218. The van der Waals surface area contributed by atoms with Crippen molar-refractivity contribution in [2.45, 2.75) is 62.5 Å². The highest BCUT2D eigenvalue weighted by atomic mass is 19.4. The summed E-state index contributed by atoms with van der Waals surface area (Å²) < 4.78 is 54.2. The van der Waals surface area contributed by atoms with Crippen molar-refractivity contribution in [3.05, 3.63) is 71.7 Å². The van der Waals surface area contributed by atoms with Crippen molar-refractivity contribution in [3.63, 3.8) is 0 Å². The molecule has 2 saturated heterocycles. The highest BCUT2D eigenvalue weighted by molar-refractivity contribution is 6.10. The predicted octanol–water partition coefficient (Wildman–Crippen LogP) is 5.43. The Morgan fingerprint density at radius 2 is 1.65 bits per heavy atom. The van der Waals surface area contributed by atoms with Crippen LogP contribution in [0.2, 0.25) is 0 Å². The van der Waals surface area contributed by atoms with Crippen LogP contribution in [0.4, 0.5) is 17.6 Å². The van der Waals surface area contributed by atoms with Crippen LogP contribution in [0.1, 0.15) is 48.0 Å². The molecule has 0 spiro atoms. The molecule has 2 fully saturated rings. The number of piperidine rings is 1. The maximum absolute atomic E-state index is 13.3. The number of carbonyl (C=O) groups excluding carboxylic acids is 1. The number of hydrogen-bond donors (Lipinski definition) is 1. The minimum Gasteiger partial charge on any atom is -0.385 e. The molecule has 2 bridgehead atoms. The summed E-state index contributed by atoms with van der Waals surface area (Å²) in [4.78, 5) is 14.3. The van der Waals surface area contributed by atoms with Gasteiger partial charge in [0.15, 0.2) is 0 Å². The number of aromatic nitrogens is 1. The maximum atomic E-state index is 13.3. The largest absolute Gasteiger partial charge is 0.454 e. The number of Topliss-reactive ketones (excluding diaryl/α,β-unsaturated/α-hetero) is 1. The average molecular weight is 474 g/mol. The van der Waals surface area contributed by atoms with Gasteiger partial charge in [-0.15, -0.1) is 0 Å². The zero-order valence-electron chi connectivity index (χ0n) is 18.6. The molecule has 5 rings (SSSR count). The van der Waals surface area contributed by atoms with E-state index in [-0.39, 0.29) is 23.5 Å². The Labute approximate surface area is 194 Å². The number of ketones is 1. The van der Waals surface area contributed by atoms with Crippen molar-refractivity contribution in [1.29, 1.82) is 0 Å². The number of benzene rings is 2. The van der Waals surface area contributed by atoms with E-state index < -0.39 is 17.6 Å². The van der Waals surface area contributed by atoms with Gasteiger partial charge in [0.1, 0.15) is 5.82 Å². The molecule has 2 atom stereocenters. The second-order valence-electron chi connectivity index (χ2n) is 9.50. The van der Waals surface area contributed by atoms with Gasteiger partial charge in [0.25, 0.3) is 5.78 Å². The van der Waals surface area contributed by atoms with Crippen molar-refractivity contribution in [2.24, 2.45) is 0 Å². The fourth-order valence-electron chi connectivity index (χ4n) is 5.87. The highest BCUT2D eigenvalue weighted by Gasteiger charge is 2.48. The number of alkyl halides is 3. The molecule has 0 aliphatic carbocycles. The molecular weight excluding hydrogens is 448 g/mol. The van der Waals surface area contributed by atoms with E-state index in [0.29, 0.717) is 36.7 Å². The van der Waals surface area contributed by atoms with E-state index in [4.69, 9.17) is 0 Å². The Hall–Kier alpha value is -2.71. The number of para-hydroxylation sites is 1. The molecular formula is C26H26F4N2O2. The average Bonchev–Trinajstić information content (AvgIpc) is 3.28. The summed E-state index contributed by atoms with van der Waals surface area (Å²) in [5, 5.41) is 11.6. The Morgan fingerprint density at radius 1 is 1.00 bits per heavy atom. The number of fused-ring (bicyclic) bond motifs is 3. The van der Waals surface area contributed by atoms with E-state index in [2.05, 4.69) is 4.90 Å². The first-order valence-electron chi connectivity index (χ1n) is 11.6. The predicted molar refractivity (Wildman–Crippen MR) is 120 cm³/mol. The quantitative estimate of drug-likeness (QED) is 0.383. The van der Waals surface area contributed by atoms with Crippen molar-refractivity contribution in [3.8, 4) is 0 Å². The van der Waals surface area contributed by atoms with Gasteiger partial charge in [-0.1, -0.05) is 30.3 Å². The monoisotopic (exact) mass is 474 g/mol. The van der Waals surface area contributed by atoms with Crippen LogP contribution in [0.25, 0.3) is 10.9 Å². The SMILES string of the molecule is O=C(c1cn(CCCN2C3CCC2CC(O)(c2ccc(F)cc2)C3)c2ccccc12)C(F)(F)F. The number of halogens is 4. The van der Waals surface area contributed by atoms with Gasteiger partial charge in [-0.2, -0.15) is 13.2 Å². The van der Waals surface area contributed by atoms with Gasteiger partial charge < -0.3 is 9.67 Å². The van der Waals surface area contributed by atoms with E-state index in [0.717, 1.165) is 24.9 Å². The van der Waals surface area contributed by atoms with Gasteiger partial charge in [0.05, 0.1) is 11.2 Å². The number of carbonyl (C=O) groups is 1. The van der Waals surface area contributed by atoms with Crippen molar-refractivity contribution >= 4 is 16.7 Å². The summed E-state index contributed by atoms with van der Waals surface area (Å²) in [6.45, 7) is 1.24. The van der Waals surface area contributed by atoms with Crippen LogP contribution in [0.3, 0.4) is 0 Å². The summed E-state index contributed by atoms with van der Waals surface area (Å²) in [7, 11) is 0. The van der Waals surface area contributed by atoms with Crippen LogP contribution in [0.5, 0.6) is 0 Å². The number of rotatable bonds is 6. The third kappa shape index (κ3) is 4.14. The molecule has 34 heavy (non-hydrogen) atoms. The van der Waals surface area contributed by atoms with Crippen LogP contribution in [0, 0.1) is 5.82 Å². The highest BCUT2D eigenvalue weighted by Crippen LogP contribution is 2.45. The summed E-state index contributed by atoms with van der Waals surface area (Å²) in [6, 6.07) is 13.1. The molecule has 3 heterocycles. The Morgan fingerprint density at radius 3 is 2.29 bits per heavy atom. The van der Waals surface area contributed by atoms with Gasteiger partial charge in [0.2, 0.25) is 0 Å². The zero-order chi connectivity index (χ0) is 24.1. The standard InChI is InChI=1S/C26H26F4N2O2/c27-18-8-6-17(7-9-18)25(34)14-19-10-11-20(15-25)32(19)13-3-12-31-16-22(24(33)26(28,29)30)21-4-1-2-5-23(21)31/h1-2,4-9,16,19-20,34H,3,10-15H2. The molecule has 2 aliphatic rings. The van der Waals surface area contributed by atoms with Crippen LogP contribution < -0.4 is 0 Å². The number of nitrogens with zero attached hydrogens (tertiary/aromatic N) is 2. The van der Waals surface area contributed by atoms with E-state index in [9.17, 15) is 27.5 Å². The zero-order valence-corrected chi connectivity index (χ0v) is 18.6. The molecule has 2 aromatic carbocycles. The Bertz CT molecular complexity index is 1190.